The third-order valence-electron chi connectivity index (χ3n) is 6.78. The summed E-state index contributed by atoms with van der Waals surface area (Å²) in [4.78, 5) is 0. The van der Waals surface area contributed by atoms with Crippen LogP contribution in [0.1, 0.15) is 33.4 Å². The third kappa shape index (κ3) is 2.03. The number of nitrogens with one attached hydrogen (secondary N) is 2. The van der Waals surface area contributed by atoms with Crippen LogP contribution >= 0.6 is 0 Å². The second kappa shape index (κ2) is 5.99. The van der Waals surface area contributed by atoms with Gasteiger partial charge in [-0.25, -0.2) is 0 Å². The first-order chi connectivity index (χ1) is 14.6. The van der Waals surface area contributed by atoms with Gasteiger partial charge in [-0.1, -0.05) is 84.9 Å². The van der Waals surface area contributed by atoms with E-state index in [4.69, 9.17) is 0 Å². The summed E-state index contributed by atoms with van der Waals surface area (Å²) in [5, 5.41) is 8.04. The second-order valence-electron chi connectivity index (χ2n) is 8.58. The Balaban J connectivity index is 1.78. The number of benzene rings is 4. The maximum atomic E-state index is 4.02. The SMILES string of the molecule is Cc1ccc2c(c1)N[C@@]1(c3ccccc3)c3ccc(C)cc3N[C@@]21c1ccccc1. The Morgan fingerprint density at radius 3 is 1.30 bits per heavy atom. The van der Waals surface area contributed by atoms with Gasteiger partial charge in [-0.2, -0.15) is 0 Å². The molecule has 4 aromatic rings. The molecule has 0 spiro atoms. The highest BCUT2D eigenvalue weighted by Gasteiger charge is 2.65. The molecule has 2 nitrogen and oxygen atoms in total. The summed E-state index contributed by atoms with van der Waals surface area (Å²) in [6, 6.07) is 35.3. The quantitative estimate of drug-likeness (QED) is 0.418. The number of rotatable bonds is 2. The Morgan fingerprint density at radius 1 is 0.500 bits per heavy atom. The highest BCUT2D eigenvalue weighted by Crippen LogP contribution is 2.64. The van der Waals surface area contributed by atoms with Crippen LogP contribution < -0.4 is 10.6 Å². The van der Waals surface area contributed by atoms with Crippen molar-refractivity contribution in [3.63, 3.8) is 0 Å². The Bertz CT molecular complexity index is 1160. The number of aryl methyl sites for hydroxylation is 2. The molecule has 30 heavy (non-hydrogen) atoms. The smallest absolute Gasteiger partial charge is 0.122 e. The average Bonchev–Trinajstić information content (AvgIpc) is 3.21. The zero-order valence-corrected chi connectivity index (χ0v) is 17.2. The summed E-state index contributed by atoms with van der Waals surface area (Å²) < 4.78 is 0. The first-order valence-corrected chi connectivity index (χ1v) is 10.5. The Hall–Kier alpha value is -3.52. The van der Waals surface area contributed by atoms with Crippen LogP contribution in [-0.4, -0.2) is 0 Å². The van der Waals surface area contributed by atoms with Crippen LogP contribution in [0.25, 0.3) is 0 Å². The van der Waals surface area contributed by atoms with Crippen molar-refractivity contribution < 1.29 is 0 Å². The van der Waals surface area contributed by atoms with Gasteiger partial charge in [0.05, 0.1) is 0 Å². The van der Waals surface area contributed by atoms with Gasteiger partial charge in [0.2, 0.25) is 0 Å². The predicted molar refractivity (Wildman–Crippen MR) is 124 cm³/mol. The molecule has 2 heterocycles. The van der Waals surface area contributed by atoms with Crippen LogP contribution in [0.4, 0.5) is 11.4 Å². The summed E-state index contributed by atoms with van der Waals surface area (Å²) in [5.74, 6) is 0. The molecule has 146 valence electrons. The minimum Gasteiger partial charge on any atom is -0.369 e. The fourth-order valence-corrected chi connectivity index (χ4v) is 5.57. The number of hydrogen-bond acceptors (Lipinski definition) is 2. The molecule has 0 aliphatic carbocycles. The first-order valence-electron chi connectivity index (χ1n) is 10.5. The lowest BCUT2D eigenvalue weighted by Gasteiger charge is -2.42. The Labute approximate surface area is 177 Å². The molecule has 0 fully saturated rings. The van der Waals surface area contributed by atoms with Gasteiger partial charge >= 0.3 is 0 Å². The van der Waals surface area contributed by atoms with Gasteiger partial charge in [-0.3, -0.25) is 0 Å². The zero-order chi connectivity index (χ0) is 20.3. The molecule has 0 amide bonds. The van der Waals surface area contributed by atoms with Crippen molar-refractivity contribution in [2.45, 2.75) is 24.9 Å². The fraction of sp³-hybridized carbons (Fsp3) is 0.143. The first kappa shape index (κ1) is 17.3. The average molecular weight is 389 g/mol. The van der Waals surface area contributed by atoms with E-state index in [0.717, 1.165) is 0 Å². The highest BCUT2D eigenvalue weighted by molar-refractivity contribution is 5.84. The minimum absolute atomic E-state index is 0.436. The fourth-order valence-electron chi connectivity index (χ4n) is 5.57. The lowest BCUT2D eigenvalue weighted by molar-refractivity contribution is 0.439. The molecule has 2 aliphatic rings. The van der Waals surface area contributed by atoms with E-state index < -0.39 is 11.1 Å². The van der Waals surface area contributed by atoms with Gasteiger partial charge in [0.25, 0.3) is 0 Å². The molecular formula is C28H24N2. The van der Waals surface area contributed by atoms with Gasteiger partial charge in [0.1, 0.15) is 11.1 Å². The molecule has 2 aliphatic heterocycles. The predicted octanol–water partition coefficient (Wildman–Crippen LogP) is 6.34. The van der Waals surface area contributed by atoms with E-state index in [2.05, 4.69) is 122 Å². The summed E-state index contributed by atoms with van der Waals surface area (Å²) in [5.41, 5.74) is 9.14. The summed E-state index contributed by atoms with van der Waals surface area (Å²) in [6.45, 7) is 4.32. The molecule has 2 atom stereocenters. The van der Waals surface area contributed by atoms with E-state index in [-0.39, 0.29) is 0 Å². The maximum Gasteiger partial charge on any atom is 0.122 e. The second-order valence-corrected chi connectivity index (χ2v) is 8.58. The van der Waals surface area contributed by atoms with Crippen LogP contribution in [-0.2, 0) is 11.1 Å². The van der Waals surface area contributed by atoms with E-state index in [1.54, 1.807) is 0 Å². The van der Waals surface area contributed by atoms with Crippen LogP contribution in [0.5, 0.6) is 0 Å². The van der Waals surface area contributed by atoms with Crippen molar-refractivity contribution in [1.29, 1.82) is 0 Å². The molecule has 0 saturated carbocycles. The summed E-state index contributed by atoms with van der Waals surface area (Å²) >= 11 is 0. The molecule has 0 saturated heterocycles. The molecule has 2 heteroatoms. The molecule has 4 aromatic carbocycles. The van der Waals surface area contributed by atoms with Crippen LogP contribution in [0.3, 0.4) is 0 Å². The van der Waals surface area contributed by atoms with Crippen LogP contribution in [0.2, 0.25) is 0 Å². The van der Waals surface area contributed by atoms with Crippen molar-refractivity contribution in [3.8, 4) is 0 Å². The number of hydrogen-bond donors (Lipinski definition) is 2. The largest absolute Gasteiger partial charge is 0.369 e. The Kier molecular flexibility index (Phi) is 3.47. The van der Waals surface area contributed by atoms with Crippen molar-refractivity contribution in [2.24, 2.45) is 0 Å². The normalized spacial score (nSPS) is 23.1. The molecule has 2 N–H and O–H groups in total. The lowest BCUT2D eigenvalue weighted by Crippen LogP contribution is -2.51. The molecule has 0 radical (unpaired) electrons. The van der Waals surface area contributed by atoms with Crippen LogP contribution in [0.15, 0.2) is 97.1 Å². The van der Waals surface area contributed by atoms with Crippen molar-refractivity contribution in [3.05, 3.63) is 130 Å². The van der Waals surface area contributed by atoms with Gasteiger partial charge in [-0.15, -0.1) is 0 Å². The van der Waals surface area contributed by atoms with E-state index >= 15 is 0 Å². The van der Waals surface area contributed by atoms with Gasteiger partial charge in [0, 0.05) is 22.5 Å². The Morgan fingerprint density at radius 2 is 0.900 bits per heavy atom. The molecular weight excluding hydrogens is 364 g/mol. The van der Waals surface area contributed by atoms with Crippen molar-refractivity contribution in [2.75, 3.05) is 10.6 Å². The summed E-state index contributed by atoms with van der Waals surface area (Å²) in [7, 11) is 0. The number of anilines is 2. The van der Waals surface area contributed by atoms with Gasteiger partial charge in [-0.05, 0) is 48.2 Å². The lowest BCUT2D eigenvalue weighted by atomic mass is 9.66. The highest BCUT2D eigenvalue weighted by atomic mass is 15.2. The molecule has 0 unspecified atom stereocenters. The third-order valence-corrected chi connectivity index (χ3v) is 6.78. The van der Waals surface area contributed by atoms with E-state index in [9.17, 15) is 0 Å². The van der Waals surface area contributed by atoms with Gasteiger partial charge in [0.15, 0.2) is 0 Å². The van der Waals surface area contributed by atoms with Crippen molar-refractivity contribution in [1.82, 2.24) is 0 Å². The van der Waals surface area contributed by atoms with E-state index in [1.807, 2.05) is 0 Å². The summed E-state index contributed by atoms with van der Waals surface area (Å²) in [6.07, 6.45) is 0. The minimum atomic E-state index is -0.436. The zero-order valence-electron chi connectivity index (χ0n) is 17.2. The van der Waals surface area contributed by atoms with Crippen molar-refractivity contribution >= 4 is 11.4 Å². The maximum absolute atomic E-state index is 4.02. The topological polar surface area (TPSA) is 24.1 Å². The molecule has 0 bridgehead atoms. The van der Waals surface area contributed by atoms with Gasteiger partial charge < -0.3 is 10.6 Å². The molecule has 0 aromatic heterocycles. The number of fused-ring (bicyclic) bond motifs is 5. The monoisotopic (exact) mass is 388 g/mol. The van der Waals surface area contributed by atoms with E-state index in [1.165, 1.54) is 44.8 Å². The van der Waals surface area contributed by atoms with E-state index in [0.29, 0.717) is 0 Å². The van der Waals surface area contributed by atoms with Crippen LogP contribution in [0, 0.1) is 13.8 Å². The standard InChI is InChI=1S/C28H24N2/c1-19-13-15-23-25(17-19)29-28(22-11-7-4-8-12-22)24-16-14-20(2)18-26(24)30-27(23,28)21-9-5-3-6-10-21/h3-18,29-30H,1-2H3/t27-,28-/m0/s1. The molecule has 6 rings (SSSR count).